The molecule has 1 aromatic rings. The van der Waals surface area contributed by atoms with Crippen LogP contribution < -0.4 is 10.7 Å². The van der Waals surface area contributed by atoms with Crippen molar-refractivity contribution in [3.05, 3.63) is 30.1 Å². The van der Waals surface area contributed by atoms with Crippen molar-refractivity contribution in [2.45, 2.75) is 18.9 Å². The summed E-state index contributed by atoms with van der Waals surface area (Å²) in [6.45, 7) is 1.06. The lowest BCUT2D eigenvalue weighted by Crippen LogP contribution is -2.41. The van der Waals surface area contributed by atoms with Crippen LogP contribution >= 0.6 is 0 Å². The van der Waals surface area contributed by atoms with Gasteiger partial charge in [-0.1, -0.05) is 0 Å². The summed E-state index contributed by atoms with van der Waals surface area (Å²) in [5.41, 5.74) is 2.94. The lowest BCUT2D eigenvalue weighted by Gasteiger charge is -2.09. The Morgan fingerprint density at radius 2 is 2.20 bits per heavy atom. The van der Waals surface area contributed by atoms with Gasteiger partial charge in [-0.05, 0) is 30.5 Å². The van der Waals surface area contributed by atoms with E-state index in [1.54, 1.807) is 24.5 Å². The molecule has 0 aromatic carbocycles. The van der Waals surface area contributed by atoms with Crippen molar-refractivity contribution in [3.63, 3.8) is 0 Å². The first-order valence-electron chi connectivity index (χ1n) is 6.38. The molecule has 2 heterocycles. The van der Waals surface area contributed by atoms with Crippen molar-refractivity contribution in [3.8, 4) is 0 Å². The molecule has 20 heavy (non-hydrogen) atoms. The molecule has 7 nitrogen and oxygen atoms in total. The van der Waals surface area contributed by atoms with Gasteiger partial charge in [-0.25, -0.2) is 5.43 Å². The van der Waals surface area contributed by atoms with Crippen molar-refractivity contribution in [2.75, 3.05) is 13.2 Å². The Labute approximate surface area is 116 Å². The van der Waals surface area contributed by atoms with Crippen LogP contribution in [0.3, 0.4) is 0 Å². The summed E-state index contributed by atoms with van der Waals surface area (Å²) in [4.78, 5) is 26.8. The number of nitrogens with zero attached hydrogens (tertiary/aromatic N) is 2. The molecule has 0 radical (unpaired) electrons. The van der Waals surface area contributed by atoms with Gasteiger partial charge in [0.1, 0.15) is 0 Å². The van der Waals surface area contributed by atoms with Gasteiger partial charge < -0.3 is 10.1 Å². The molecule has 1 saturated heterocycles. The first kappa shape index (κ1) is 14.1. The molecule has 1 atom stereocenters. The van der Waals surface area contributed by atoms with E-state index in [0.717, 1.165) is 18.4 Å². The molecule has 2 rings (SSSR count). The third-order valence-corrected chi connectivity index (χ3v) is 2.81. The Bertz CT molecular complexity index is 484. The molecular formula is C13H16N4O3. The number of hydrogen-bond acceptors (Lipinski definition) is 5. The Morgan fingerprint density at radius 1 is 1.40 bits per heavy atom. The molecule has 106 valence electrons. The van der Waals surface area contributed by atoms with Gasteiger partial charge in [-0.15, -0.1) is 0 Å². The molecular weight excluding hydrogens is 260 g/mol. The van der Waals surface area contributed by atoms with Crippen LogP contribution in [-0.4, -0.2) is 42.3 Å². The van der Waals surface area contributed by atoms with Crippen molar-refractivity contribution in [1.29, 1.82) is 0 Å². The number of nitrogens with one attached hydrogen (secondary N) is 2. The Morgan fingerprint density at radius 3 is 2.90 bits per heavy atom. The molecule has 0 spiro atoms. The topological polar surface area (TPSA) is 92.7 Å². The number of carbonyl (C=O) groups is 2. The van der Waals surface area contributed by atoms with E-state index in [1.807, 2.05) is 0 Å². The third-order valence-electron chi connectivity index (χ3n) is 2.81. The summed E-state index contributed by atoms with van der Waals surface area (Å²) >= 11 is 0. The normalized spacial score (nSPS) is 18.1. The van der Waals surface area contributed by atoms with Crippen LogP contribution in [0.15, 0.2) is 29.6 Å². The van der Waals surface area contributed by atoms with Gasteiger partial charge >= 0.3 is 11.8 Å². The first-order chi connectivity index (χ1) is 9.75. The third kappa shape index (κ3) is 4.43. The van der Waals surface area contributed by atoms with Crippen molar-refractivity contribution >= 4 is 18.0 Å². The zero-order valence-corrected chi connectivity index (χ0v) is 10.9. The second kappa shape index (κ2) is 7.34. The maximum absolute atomic E-state index is 11.5. The summed E-state index contributed by atoms with van der Waals surface area (Å²) in [5.74, 6) is -1.51. The van der Waals surface area contributed by atoms with Crippen LogP contribution in [0.5, 0.6) is 0 Å². The predicted molar refractivity (Wildman–Crippen MR) is 72.0 cm³/mol. The summed E-state index contributed by atoms with van der Waals surface area (Å²) in [6, 6.07) is 3.46. The minimum Gasteiger partial charge on any atom is -0.376 e. The average molecular weight is 276 g/mol. The lowest BCUT2D eigenvalue weighted by atomic mass is 10.2. The van der Waals surface area contributed by atoms with Crippen LogP contribution in [0, 0.1) is 0 Å². The minimum atomic E-state index is -0.798. The van der Waals surface area contributed by atoms with Gasteiger partial charge in [0, 0.05) is 25.5 Å². The van der Waals surface area contributed by atoms with Gasteiger partial charge in [0.25, 0.3) is 0 Å². The molecule has 1 aromatic heterocycles. The molecule has 0 bridgehead atoms. The van der Waals surface area contributed by atoms with E-state index in [4.69, 9.17) is 4.74 Å². The van der Waals surface area contributed by atoms with E-state index in [2.05, 4.69) is 20.8 Å². The Balaban J connectivity index is 1.71. The van der Waals surface area contributed by atoms with E-state index in [-0.39, 0.29) is 6.10 Å². The maximum Gasteiger partial charge on any atom is 0.329 e. The minimum absolute atomic E-state index is 0.00655. The molecule has 2 N–H and O–H groups in total. The smallest absolute Gasteiger partial charge is 0.329 e. The highest BCUT2D eigenvalue weighted by Gasteiger charge is 2.18. The van der Waals surface area contributed by atoms with E-state index in [1.165, 1.54) is 6.21 Å². The predicted octanol–water partition coefficient (Wildman–Crippen LogP) is -0.173. The van der Waals surface area contributed by atoms with Crippen LogP contribution in [0.1, 0.15) is 18.4 Å². The summed E-state index contributed by atoms with van der Waals surface area (Å²) in [6.07, 6.45) is 6.56. The number of aromatic nitrogens is 1. The van der Waals surface area contributed by atoms with Crippen molar-refractivity contribution in [1.82, 2.24) is 15.7 Å². The number of rotatable bonds is 4. The van der Waals surface area contributed by atoms with Gasteiger partial charge in [-0.2, -0.15) is 5.10 Å². The standard InChI is InChI=1S/C13H16N4O3/c18-12(15-9-11-2-1-7-20-11)13(19)17-16-8-10-3-5-14-6-4-10/h3-6,8,11H,1-2,7,9H2,(H,15,18)(H,17,19)/b16-8-/t11-/m1/s1. The fourth-order valence-electron chi connectivity index (χ4n) is 1.76. The van der Waals surface area contributed by atoms with E-state index < -0.39 is 11.8 Å². The van der Waals surface area contributed by atoms with E-state index in [0.29, 0.717) is 13.2 Å². The van der Waals surface area contributed by atoms with E-state index >= 15 is 0 Å². The van der Waals surface area contributed by atoms with Gasteiger partial charge in [0.05, 0.1) is 12.3 Å². The second-order valence-electron chi connectivity index (χ2n) is 4.32. The van der Waals surface area contributed by atoms with Crippen LogP contribution in [0.2, 0.25) is 0 Å². The molecule has 1 aliphatic rings. The Hall–Kier alpha value is -2.28. The molecule has 1 aliphatic heterocycles. The average Bonchev–Trinajstić information content (AvgIpc) is 2.99. The van der Waals surface area contributed by atoms with Gasteiger partial charge in [-0.3, -0.25) is 14.6 Å². The summed E-state index contributed by atoms with van der Waals surface area (Å²) in [5, 5.41) is 6.21. The number of hydrogen-bond donors (Lipinski definition) is 2. The summed E-state index contributed by atoms with van der Waals surface area (Å²) < 4.78 is 5.34. The molecule has 2 amide bonds. The molecule has 0 unspecified atom stereocenters. The maximum atomic E-state index is 11.5. The number of hydrazone groups is 1. The van der Waals surface area contributed by atoms with Crippen LogP contribution in [-0.2, 0) is 14.3 Å². The monoisotopic (exact) mass is 276 g/mol. The SMILES string of the molecule is O=C(NC[C@H]1CCCO1)C(=O)N/N=C\c1ccncc1. The molecule has 7 heteroatoms. The fourth-order valence-corrected chi connectivity index (χ4v) is 1.76. The van der Waals surface area contributed by atoms with Crippen LogP contribution in [0.25, 0.3) is 0 Å². The number of pyridine rings is 1. The van der Waals surface area contributed by atoms with E-state index in [9.17, 15) is 9.59 Å². The number of amides is 2. The zero-order valence-electron chi connectivity index (χ0n) is 10.9. The zero-order chi connectivity index (χ0) is 14.2. The lowest BCUT2D eigenvalue weighted by molar-refractivity contribution is -0.139. The summed E-state index contributed by atoms with van der Waals surface area (Å²) in [7, 11) is 0. The molecule has 1 fully saturated rings. The van der Waals surface area contributed by atoms with Crippen molar-refractivity contribution in [2.24, 2.45) is 5.10 Å². The highest BCUT2D eigenvalue weighted by Crippen LogP contribution is 2.10. The fraction of sp³-hybridized carbons (Fsp3) is 0.385. The van der Waals surface area contributed by atoms with Crippen LogP contribution in [0.4, 0.5) is 0 Å². The number of ether oxygens (including phenoxy) is 1. The molecule has 0 saturated carbocycles. The molecule has 0 aliphatic carbocycles. The largest absolute Gasteiger partial charge is 0.376 e. The first-order valence-corrected chi connectivity index (χ1v) is 6.38. The van der Waals surface area contributed by atoms with Gasteiger partial charge in [0.2, 0.25) is 0 Å². The second-order valence-corrected chi connectivity index (χ2v) is 4.32. The quantitative estimate of drug-likeness (QED) is 0.453. The highest BCUT2D eigenvalue weighted by atomic mass is 16.5. The van der Waals surface area contributed by atoms with Crippen molar-refractivity contribution < 1.29 is 14.3 Å². The highest BCUT2D eigenvalue weighted by molar-refractivity contribution is 6.35. The number of carbonyl (C=O) groups excluding carboxylic acids is 2. The van der Waals surface area contributed by atoms with Gasteiger partial charge in [0.15, 0.2) is 0 Å². The Kier molecular flexibility index (Phi) is 5.19.